The van der Waals surface area contributed by atoms with Crippen LogP contribution in [-0.4, -0.2) is 4.57 Å². The van der Waals surface area contributed by atoms with Gasteiger partial charge in [-0.15, -0.1) is 0 Å². The molecule has 0 unspecified atom stereocenters. The number of benzene rings is 12. The van der Waals surface area contributed by atoms with Gasteiger partial charge in [0.05, 0.1) is 16.4 Å². The second-order valence-corrected chi connectivity index (χ2v) is 19.9. The van der Waals surface area contributed by atoms with Crippen LogP contribution >= 0.6 is 0 Å². The van der Waals surface area contributed by atoms with Crippen LogP contribution in [0.1, 0.15) is 22.3 Å². The Morgan fingerprint density at radius 1 is 0.253 bits per heavy atom. The molecule has 2 nitrogen and oxygen atoms in total. The molecular weight excluding hydrogens is 905 g/mol. The van der Waals surface area contributed by atoms with Crippen molar-refractivity contribution in [2.24, 2.45) is 0 Å². The SMILES string of the molecule is c1ccc(-c2ccc(N(c3ccc(-c4ccc5c(c4)c4ccccc4n5-c4ccccc4)cc3)c3cccc(-c4cccc5c4-c4ccccc4C54c5ccccc5-c5ccccc5-c5ccccc54)c3)cc2)cc1. The van der Waals surface area contributed by atoms with Crippen LogP contribution in [0.5, 0.6) is 0 Å². The maximum Gasteiger partial charge on any atom is 0.0725 e. The van der Waals surface area contributed by atoms with Crippen molar-refractivity contribution >= 4 is 38.9 Å². The molecule has 0 saturated heterocycles. The van der Waals surface area contributed by atoms with Crippen molar-refractivity contribution < 1.29 is 0 Å². The van der Waals surface area contributed by atoms with Gasteiger partial charge >= 0.3 is 0 Å². The molecule has 2 heteroatoms. The number of rotatable bonds is 7. The van der Waals surface area contributed by atoms with E-state index in [2.05, 4.69) is 301 Å². The summed E-state index contributed by atoms with van der Waals surface area (Å²) in [5.41, 5.74) is 26.3. The molecule has 0 N–H and O–H groups in total. The van der Waals surface area contributed by atoms with Gasteiger partial charge in [0.25, 0.3) is 0 Å². The molecule has 2 aliphatic rings. The van der Waals surface area contributed by atoms with Crippen molar-refractivity contribution in [1.82, 2.24) is 4.57 Å². The van der Waals surface area contributed by atoms with E-state index < -0.39 is 5.41 Å². The molecule has 13 aromatic rings. The van der Waals surface area contributed by atoms with Crippen LogP contribution in [-0.2, 0) is 5.41 Å². The lowest BCUT2D eigenvalue weighted by Crippen LogP contribution is -2.29. The van der Waals surface area contributed by atoms with Crippen LogP contribution in [0.4, 0.5) is 17.1 Å². The monoisotopic (exact) mass is 952 g/mol. The topological polar surface area (TPSA) is 8.17 Å². The van der Waals surface area contributed by atoms with Crippen molar-refractivity contribution in [3.63, 3.8) is 0 Å². The average molecular weight is 953 g/mol. The lowest BCUT2D eigenvalue weighted by Gasteiger charge is -2.35. The highest BCUT2D eigenvalue weighted by Crippen LogP contribution is 2.63. The van der Waals surface area contributed by atoms with E-state index in [0.29, 0.717) is 0 Å². The Kier molecular flexibility index (Phi) is 9.83. The summed E-state index contributed by atoms with van der Waals surface area (Å²) in [6, 6.07) is 108. The Balaban J connectivity index is 0.880. The van der Waals surface area contributed by atoms with E-state index in [9.17, 15) is 0 Å². The summed E-state index contributed by atoms with van der Waals surface area (Å²) in [6.07, 6.45) is 0. The molecule has 75 heavy (non-hydrogen) atoms. The van der Waals surface area contributed by atoms with Crippen molar-refractivity contribution in [3.8, 4) is 72.4 Å². The van der Waals surface area contributed by atoms with Gasteiger partial charge in [0.1, 0.15) is 0 Å². The molecule has 0 fully saturated rings. The van der Waals surface area contributed by atoms with E-state index in [-0.39, 0.29) is 0 Å². The third-order valence-corrected chi connectivity index (χ3v) is 16.0. The number of para-hydroxylation sites is 2. The van der Waals surface area contributed by atoms with E-state index in [1.807, 2.05) is 0 Å². The number of hydrogen-bond acceptors (Lipinski definition) is 1. The Morgan fingerprint density at radius 3 is 1.37 bits per heavy atom. The first-order valence-corrected chi connectivity index (χ1v) is 26.0. The van der Waals surface area contributed by atoms with E-state index in [1.54, 1.807) is 0 Å². The molecule has 0 amide bonds. The van der Waals surface area contributed by atoms with Crippen LogP contribution in [0.3, 0.4) is 0 Å². The van der Waals surface area contributed by atoms with Gasteiger partial charge in [0, 0.05) is 33.5 Å². The highest BCUT2D eigenvalue weighted by molar-refractivity contribution is 6.10. The van der Waals surface area contributed by atoms with Crippen LogP contribution < -0.4 is 4.90 Å². The number of aromatic nitrogens is 1. The summed E-state index contributed by atoms with van der Waals surface area (Å²) in [5.74, 6) is 0. The second-order valence-electron chi connectivity index (χ2n) is 19.9. The molecule has 1 heterocycles. The fraction of sp³-hybridized carbons (Fsp3) is 0.0137. The van der Waals surface area contributed by atoms with E-state index in [4.69, 9.17) is 0 Å². The Morgan fingerprint density at radius 2 is 0.707 bits per heavy atom. The van der Waals surface area contributed by atoms with Crippen molar-refractivity contribution in [2.45, 2.75) is 5.41 Å². The highest BCUT2D eigenvalue weighted by Gasteiger charge is 2.50. The molecule has 0 aliphatic heterocycles. The molecule has 0 radical (unpaired) electrons. The molecule has 350 valence electrons. The van der Waals surface area contributed by atoms with Gasteiger partial charge in [-0.3, -0.25) is 0 Å². The summed E-state index contributed by atoms with van der Waals surface area (Å²) in [5, 5.41) is 2.49. The first-order valence-electron chi connectivity index (χ1n) is 26.0. The van der Waals surface area contributed by atoms with Crippen LogP contribution in [0.25, 0.3) is 94.3 Å². The maximum absolute atomic E-state index is 2.41. The fourth-order valence-corrected chi connectivity index (χ4v) is 12.8. The zero-order chi connectivity index (χ0) is 49.5. The summed E-state index contributed by atoms with van der Waals surface area (Å²) < 4.78 is 2.38. The van der Waals surface area contributed by atoms with Gasteiger partial charge in [0.2, 0.25) is 0 Å². The van der Waals surface area contributed by atoms with Gasteiger partial charge in [0.15, 0.2) is 0 Å². The molecule has 1 spiro atoms. The lowest BCUT2D eigenvalue weighted by molar-refractivity contribution is 0.775. The average Bonchev–Trinajstić information content (AvgIpc) is 3.98. The summed E-state index contributed by atoms with van der Waals surface area (Å²) in [7, 11) is 0. The third-order valence-electron chi connectivity index (χ3n) is 16.0. The first-order chi connectivity index (χ1) is 37.2. The van der Waals surface area contributed by atoms with E-state index in [1.165, 1.54) is 111 Å². The summed E-state index contributed by atoms with van der Waals surface area (Å²) >= 11 is 0. The van der Waals surface area contributed by atoms with Crippen LogP contribution in [0.15, 0.2) is 291 Å². The van der Waals surface area contributed by atoms with Gasteiger partial charge < -0.3 is 9.47 Å². The molecule has 0 bridgehead atoms. The Hall–Kier alpha value is -9.76. The third kappa shape index (κ3) is 6.60. The normalized spacial score (nSPS) is 12.6. The standard InChI is InChI=1S/C73H48N2/c1-3-19-49(20-4-1)50-37-42-55(43-38-50)74(56-44-39-51(40-45-56)52-41-46-71-65(48-52)63-29-12-16-36-70(63)75(71)54-22-5-2-6-23-54)57-24-17-21-53(47-57)58-31-18-35-69-72(58)64-30-11-15-34-68(64)73(69)66-32-13-9-27-61(66)59-25-7-8-26-60(59)62-28-10-14-33-67(62)73/h1-48H. The zero-order valence-corrected chi connectivity index (χ0v) is 41.1. The quantitative estimate of drug-likeness (QED) is 0.155. The number of hydrogen-bond donors (Lipinski definition) is 0. The van der Waals surface area contributed by atoms with Crippen molar-refractivity contribution in [1.29, 1.82) is 0 Å². The first kappa shape index (κ1) is 42.9. The van der Waals surface area contributed by atoms with Crippen LogP contribution in [0.2, 0.25) is 0 Å². The van der Waals surface area contributed by atoms with Crippen molar-refractivity contribution in [2.75, 3.05) is 4.90 Å². The predicted molar refractivity (Wildman–Crippen MR) is 314 cm³/mol. The summed E-state index contributed by atoms with van der Waals surface area (Å²) in [6.45, 7) is 0. The van der Waals surface area contributed by atoms with Crippen LogP contribution in [0, 0.1) is 0 Å². The number of anilines is 3. The van der Waals surface area contributed by atoms with E-state index >= 15 is 0 Å². The van der Waals surface area contributed by atoms with Gasteiger partial charge in [-0.25, -0.2) is 0 Å². The minimum absolute atomic E-state index is 0.552. The maximum atomic E-state index is 2.41. The largest absolute Gasteiger partial charge is 0.310 e. The lowest BCUT2D eigenvalue weighted by atomic mass is 9.66. The smallest absolute Gasteiger partial charge is 0.0725 e. The predicted octanol–water partition coefficient (Wildman–Crippen LogP) is 19.3. The number of fused-ring (bicyclic) bond motifs is 15. The van der Waals surface area contributed by atoms with Gasteiger partial charge in [-0.2, -0.15) is 0 Å². The van der Waals surface area contributed by atoms with Crippen molar-refractivity contribution in [3.05, 3.63) is 313 Å². The van der Waals surface area contributed by atoms with Gasteiger partial charge in [-0.1, -0.05) is 224 Å². The molecule has 15 rings (SSSR count). The summed E-state index contributed by atoms with van der Waals surface area (Å²) in [4.78, 5) is 2.41. The Labute approximate surface area is 437 Å². The Bertz CT molecular complexity index is 4270. The highest BCUT2D eigenvalue weighted by atomic mass is 15.1. The second kappa shape index (κ2) is 17.2. The zero-order valence-electron chi connectivity index (χ0n) is 41.1. The van der Waals surface area contributed by atoms with Gasteiger partial charge in [-0.05, 0) is 156 Å². The molecule has 0 atom stereocenters. The molecule has 1 aromatic heterocycles. The molecule has 2 aliphatic carbocycles. The molecular formula is C73H48N2. The fourth-order valence-electron chi connectivity index (χ4n) is 12.8. The number of nitrogens with zero attached hydrogens (tertiary/aromatic N) is 2. The minimum Gasteiger partial charge on any atom is -0.310 e. The molecule has 12 aromatic carbocycles. The minimum atomic E-state index is -0.552. The van der Waals surface area contributed by atoms with E-state index in [0.717, 1.165) is 22.7 Å². The molecule has 0 saturated carbocycles.